The minimum absolute atomic E-state index is 0.0195. The number of nitrogens with one attached hydrogen (secondary N) is 1. The number of aromatic carboxylic acids is 1. The van der Waals surface area contributed by atoms with Gasteiger partial charge in [0.25, 0.3) is 0 Å². The largest absolute Gasteiger partial charge is 0.478 e. The molecule has 3 nitrogen and oxygen atoms in total. The Bertz CT molecular complexity index is 643. The van der Waals surface area contributed by atoms with Crippen LogP contribution < -0.4 is 5.32 Å². The molecule has 0 atom stereocenters. The van der Waals surface area contributed by atoms with E-state index in [1.54, 1.807) is 18.2 Å². The fourth-order valence-corrected chi connectivity index (χ4v) is 1.85. The molecule has 0 amide bonds. The Morgan fingerprint density at radius 2 is 2.00 bits per heavy atom. The lowest BCUT2D eigenvalue weighted by Crippen LogP contribution is -2.03. The minimum atomic E-state index is -1.03. The van der Waals surface area contributed by atoms with E-state index in [1.807, 2.05) is 6.92 Å². The molecule has 0 heterocycles. The van der Waals surface area contributed by atoms with Gasteiger partial charge in [0.05, 0.1) is 16.3 Å². The summed E-state index contributed by atoms with van der Waals surface area (Å²) < 4.78 is 13.0. The first-order valence-corrected chi connectivity index (χ1v) is 5.91. The van der Waals surface area contributed by atoms with Gasteiger partial charge in [0.2, 0.25) is 0 Å². The quantitative estimate of drug-likeness (QED) is 0.884. The lowest BCUT2D eigenvalue weighted by molar-refractivity contribution is 0.0698. The zero-order valence-corrected chi connectivity index (χ0v) is 10.8. The molecule has 0 unspecified atom stereocenters. The molecule has 2 aromatic rings. The zero-order valence-electron chi connectivity index (χ0n) is 10.1. The molecule has 0 saturated heterocycles. The van der Waals surface area contributed by atoms with Crippen molar-refractivity contribution in [1.82, 2.24) is 0 Å². The van der Waals surface area contributed by atoms with E-state index in [1.165, 1.54) is 18.2 Å². The SMILES string of the molecule is Cc1ccc(Nc2ccc(F)c(Cl)c2)c(C(=O)O)c1. The van der Waals surface area contributed by atoms with Crippen LogP contribution >= 0.6 is 11.6 Å². The molecule has 98 valence electrons. The molecule has 0 saturated carbocycles. The maximum Gasteiger partial charge on any atom is 0.337 e. The van der Waals surface area contributed by atoms with Gasteiger partial charge in [-0.2, -0.15) is 0 Å². The van der Waals surface area contributed by atoms with Crippen LogP contribution in [0.2, 0.25) is 5.02 Å². The molecule has 0 radical (unpaired) electrons. The summed E-state index contributed by atoms with van der Waals surface area (Å²) >= 11 is 5.68. The normalized spacial score (nSPS) is 10.3. The van der Waals surface area contributed by atoms with Crippen molar-refractivity contribution in [2.24, 2.45) is 0 Å². The molecule has 0 aliphatic heterocycles. The van der Waals surface area contributed by atoms with Gasteiger partial charge in [-0.05, 0) is 37.3 Å². The summed E-state index contributed by atoms with van der Waals surface area (Å²) in [5, 5.41) is 12.0. The Morgan fingerprint density at radius 1 is 1.26 bits per heavy atom. The van der Waals surface area contributed by atoms with Crippen molar-refractivity contribution in [2.75, 3.05) is 5.32 Å². The Morgan fingerprint density at radius 3 is 2.63 bits per heavy atom. The van der Waals surface area contributed by atoms with E-state index in [0.717, 1.165) is 5.56 Å². The number of carboxylic acids is 1. The molecule has 0 bridgehead atoms. The first-order valence-electron chi connectivity index (χ1n) is 5.53. The van der Waals surface area contributed by atoms with Crippen molar-refractivity contribution in [2.45, 2.75) is 6.92 Å². The van der Waals surface area contributed by atoms with Gasteiger partial charge in [0, 0.05) is 5.69 Å². The van der Waals surface area contributed by atoms with Crippen molar-refractivity contribution in [3.63, 3.8) is 0 Å². The molecule has 0 aliphatic carbocycles. The molecule has 2 rings (SSSR count). The highest BCUT2D eigenvalue weighted by atomic mass is 35.5. The second-order valence-electron chi connectivity index (χ2n) is 4.11. The summed E-state index contributed by atoms with van der Waals surface area (Å²) in [6.07, 6.45) is 0. The van der Waals surface area contributed by atoms with Gasteiger partial charge in [0.1, 0.15) is 5.82 Å². The summed E-state index contributed by atoms with van der Waals surface area (Å²) in [4.78, 5) is 11.2. The van der Waals surface area contributed by atoms with E-state index in [9.17, 15) is 9.18 Å². The molecule has 2 aromatic carbocycles. The van der Waals surface area contributed by atoms with Crippen molar-refractivity contribution < 1.29 is 14.3 Å². The number of hydrogen-bond donors (Lipinski definition) is 2. The van der Waals surface area contributed by atoms with Crippen LogP contribution in [-0.4, -0.2) is 11.1 Å². The molecular weight excluding hydrogens is 269 g/mol. The van der Waals surface area contributed by atoms with Gasteiger partial charge >= 0.3 is 5.97 Å². The predicted molar refractivity (Wildman–Crippen MR) is 72.8 cm³/mol. The highest BCUT2D eigenvalue weighted by Crippen LogP contribution is 2.25. The number of halogens is 2. The highest BCUT2D eigenvalue weighted by Gasteiger charge is 2.11. The van der Waals surface area contributed by atoms with Gasteiger partial charge in [-0.25, -0.2) is 9.18 Å². The molecule has 0 spiro atoms. The second-order valence-corrected chi connectivity index (χ2v) is 4.52. The van der Waals surface area contributed by atoms with E-state index < -0.39 is 11.8 Å². The van der Waals surface area contributed by atoms with E-state index >= 15 is 0 Å². The Labute approximate surface area is 114 Å². The second kappa shape index (κ2) is 5.28. The molecule has 0 aliphatic rings. The predicted octanol–water partition coefficient (Wildman–Crippen LogP) is 4.23. The maximum absolute atomic E-state index is 13.0. The Balaban J connectivity index is 2.37. The first-order chi connectivity index (χ1) is 8.97. The topological polar surface area (TPSA) is 49.3 Å². The van der Waals surface area contributed by atoms with Crippen LogP contribution in [0.25, 0.3) is 0 Å². The van der Waals surface area contributed by atoms with Crippen LogP contribution in [0, 0.1) is 12.7 Å². The minimum Gasteiger partial charge on any atom is -0.478 e. The molecule has 5 heteroatoms. The van der Waals surface area contributed by atoms with Gasteiger partial charge in [-0.15, -0.1) is 0 Å². The number of rotatable bonds is 3. The summed E-state index contributed by atoms with van der Waals surface area (Å²) in [7, 11) is 0. The highest BCUT2D eigenvalue weighted by molar-refractivity contribution is 6.31. The summed E-state index contributed by atoms with van der Waals surface area (Å²) in [5.74, 6) is -1.55. The number of hydrogen-bond acceptors (Lipinski definition) is 2. The van der Waals surface area contributed by atoms with Gasteiger partial charge in [0.15, 0.2) is 0 Å². The lowest BCUT2D eigenvalue weighted by atomic mass is 10.1. The van der Waals surface area contributed by atoms with Gasteiger partial charge in [-0.1, -0.05) is 23.2 Å². The van der Waals surface area contributed by atoms with E-state index in [0.29, 0.717) is 11.4 Å². The van der Waals surface area contributed by atoms with Gasteiger partial charge < -0.3 is 10.4 Å². The van der Waals surface area contributed by atoms with Crippen LogP contribution in [0.4, 0.5) is 15.8 Å². The lowest BCUT2D eigenvalue weighted by Gasteiger charge is -2.10. The Hall–Kier alpha value is -2.07. The molecule has 0 fully saturated rings. The fraction of sp³-hybridized carbons (Fsp3) is 0.0714. The van der Waals surface area contributed by atoms with Crippen molar-refractivity contribution in [1.29, 1.82) is 0 Å². The van der Waals surface area contributed by atoms with Crippen molar-refractivity contribution in [3.05, 3.63) is 58.4 Å². The maximum atomic E-state index is 13.0. The molecule has 0 aromatic heterocycles. The van der Waals surface area contributed by atoms with Crippen LogP contribution in [0.1, 0.15) is 15.9 Å². The first kappa shape index (κ1) is 13.4. The summed E-state index contributed by atoms with van der Waals surface area (Å²) in [6.45, 7) is 1.81. The van der Waals surface area contributed by atoms with Crippen LogP contribution in [0.3, 0.4) is 0 Å². The van der Waals surface area contributed by atoms with Crippen molar-refractivity contribution >= 4 is 28.9 Å². The summed E-state index contributed by atoms with van der Waals surface area (Å²) in [5.41, 5.74) is 1.96. The number of anilines is 2. The fourth-order valence-electron chi connectivity index (χ4n) is 1.67. The smallest absolute Gasteiger partial charge is 0.337 e. The van der Waals surface area contributed by atoms with Crippen LogP contribution in [-0.2, 0) is 0 Å². The van der Waals surface area contributed by atoms with Crippen molar-refractivity contribution in [3.8, 4) is 0 Å². The van der Waals surface area contributed by atoms with E-state index in [4.69, 9.17) is 16.7 Å². The summed E-state index contributed by atoms with van der Waals surface area (Å²) in [6, 6.07) is 9.14. The number of benzene rings is 2. The van der Waals surface area contributed by atoms with E-state index in [-0.39, 0.29) is 10.6 Å². The van der Waals surface area contributed by atoms with Gasteiger partial charge in [-0.3, -0.25) is 0 Å². The standard InChI is InChI=1S/C14H11ClFNO2/c1-8-2-5-13(10(6-8)14(18)19)17-9-3-4-12(16)11(15)7-9/h2-7,17H,1H3,(H,18,19). The number of aryl methyl sites for hydroxylation is 1. The zero-order chi connectivity index (χ0) is 14.0. The molecule has 2 N–H and O–H groups in total. The Kier molecular flexibility index (Phi) is 3.71. The average Bonchev–Trinajstić information content (AvgIpc) is 2.36. The van der Waals surface area contributed by atoms with Crippen LogP contribution in [0.5, 0.6) is 0 Å². The third kappa shape index (κ3) is 3.03. The number of carboxylic acid groups (broad SMARTS) is 1. The molecule has 19 heavy (non-hydrogen) atoms. The van der Waals surface area contributed by atoms with E-state index in [2.05, 4.69) is 5.32 Å². The monoisotopic (exact) mass is 279 g/mol. The average molecular weight is 280 g/mol. The third-order valence-electron chi connectivity index (χ3n) is 2.60. The third-order valence-corrected chi connectivity index (χ3v) is 2.89. The number of carbonyl (C=O) groups is 1. The molecular formula is C14H11ClFNO2. The van der Waals surface area contributed by atoms with Crippen LogP contribution in [0.15, 0.2) is 36.4 Å².